The SMILES string of the molecule is CCOC(=O)/C(=C/C(=O)OC)N1CC(C)OC(C)C1. The van der Waals surface area contributed by atoms with E-state index >= 15 is 0 Å². The van der Waals surface area contributed by atoms with Crippen LogP contribution < -0.4 is 0 Å². The van der Waals surface area contributed by atoms with Crippen molar-refractivity contribution in [2.45, 2.75) is 33.0 Å². The van der Waals surface area contributed by atoms with Crippen molar-refractivity contribution >= 4 is 11.9 Å². The number of methoxy groups -OCH3 is 1. The van der Waals surface area contributed by atoms with Gasteiger partial charge in [0, 0.05) is 13.1 Å². The summed E-state index contributed by atoms with van der Waals surface area (Å²) >= 11 is 0. The first-order valence-electron chi connectivity index (χ1n) is 6.35. The molecule has 0 N–H and O–H groups in total. The second kappa shape index (κ2) is 7.13. The van der Waals surface area contributed by atoms with Crippen LogP contribution in [0.1, 0.15) is 20.8 Å². The number of carbonyl (C=O) groups excluding carboxylic acids is 2. The Kier molecular flexibility index (Phi) is 5.82. The number of hydrogen-bond donors (Lipinski definition) is 0. The number of rotatable bonds is 4. The molecule has 0 spiro atoms. The van der Waals surface area contributed by atoms with Gasteiger partial charge >= 0.3 is 11.9 Å². The first kappa shape index (κ1) is 15.5. The van der Waals surface area contributed by atoms with Crippen molar-refractivity contribution in [1.29, 1.82) is 0 Å². The van der Waals surface area contributed by atoms with Crippen LogP contribution in [0.2, 0.25) is 0 Å². The molecule has 0 aromatic carbocycles. The lowest BCUT2D eigenvalue weighted by Gasteiger charge is -2.37. The first-order valence-corrected chi connectivity index (χ1v) is 6.35. The summed E-state index contributed by atoms with van der Waals surface area (Å²) in [5.41, 5.74) is 0.218. The Hall–Kier alpha value is -1.56. The van der Waals surface area contributed by atoms with Crippen molar-refractivity contribution in [2.75, 3.05) is 26.8 Å². The molecular weight excluding hydrogens is 250 g/mol. The minimum atomic E-state index is -0.574. The van der Waals surface area contributed by atoms with Crippen LogP contribution in [0, 0.1) is 0 Å². The van der Waals surface area contributed by atoms with Gasteiger partial charge in [0.15, 0.2) is 0 Å². The van der Waals surface area contributed by atoms with Gasteiger partial charge in [-0.15, -0.1) is 0 Å². The highest BCUT2D eigenvalue weighted by atomic mass is 16.5. The van der Waals surface area contributed by atoms with Gasteiger partial charge in [-0.2, -0.15) is 0 Å². The molecule has 1 fully saturated rings. The van der Waals surface area contributed by atoms with Crippen LogP contribution in [0.4, 0.5) is 0 Å². The summed E-state index contributed by atoms with van der Waals surface area (Å²) in [5.74, 6) is -1.09. The summed E-state index contributed by atoms with van der Waals surface area (Å²) < 4.78 is 15.1. The third kappa shape index (κ3) is 4.55. The third-order valence-corrected chi connectivity index (χ3v) is 2.70. The van der Waals surface area contributed by atoms with E-state index in [1.807, 2.05) is 13.8 Å². The Labute approximate surface area is 113 Å². The Morgan fingerprint density at radius 1 is 1.32 bits per heavy atom. The molecule has 0 bridgehead atoms. The summed E-state index contributed by atoms with van der Waals surface area (Å²) in [5, 5.41) is 0. The summed E-state index contributed by atoms with van der Waals surface area (Å²) in [4.78, 5) is 25.1. The lowest BCUT2D eigenvalue weighted by atomic mass is 10.2. The van der Waals surface area contributed by atoms with Crippen LogP contribution in [0.5, 0.6) is 0 Å². The van der Waals surface area contributed by atoms with E-state index in [1.165, 1.54) is 13.2 Å². The van der Waals surface area contributed by atoms with Crippen molar-refractivity contribution in [2.24, 2.45) is 0 Å². The van der Waals surface area contributed by atoms with Gasteiger partial charge in [-0.05, 0) is 20.8 Å². The Bertz CT molecular complexity index is 356. The highest BCUT2D eigenvalue weighted by Crippen LogP contribution is 2.17. The molecule has 1 aliphatic rings. The second-order valence-corrected chi connectivity index (χ2v) is 4.44. The minimum Gasteiger partial charge on any atom is -0.466 e. The van der Waals surface area contributed by atoms with Crippen molar-refractivity contribution in [3.05, 3.63) is 11.8 Å². The number of esters is 2. The summed E-state index contributed by atoms with van der Waals surface area (Å²) in [6.45, 7) is 6.89. The van der Waals surface area contributed by atoms with Crippen molar-refractivity contribution in [1.82, 2.24) is 4.90 Å². The van der Waals surface area contributed by atoms with Crippen LogP contribution in [0.25, 0.3) is 0 Å². The maximum atomic E-state index is 11.9. The molecule has 2 atom stereocenters. The van der Waals surface area contributed by atoms with E-state index in [1.54, 1.807) is 11.8 Å². The van der Waals surface area contributed by atoms with E-state index in [-0.39, 0.29) is 24.5 Å². The van der Waals surface area contributed by atoms with Gasteiger partial charge in [-0.1, -0.05) is 0 Å². The van der Waals surface area contributed by atoms with Gasteiger partial charge < -0.3 is 19.1 Å². The van der Waals surface area contributed by atoms with Crippen LogP contribution in [0.15, 0.2) is 11.8 Å². The molecule has 2 unspecified atom stereocenters. The lowest BCUT2D eigenvalue weighted by molar-refractivity contribution is -0.143. The second-order valence-electron chi connectivity index (χ2n) is 4.44. The number of nitrogens with zero attached hydrogens (tertiary/aromatic N) is 1. The highest BCUT2D eigenvalue weighted by Gasteiger charge is 2.28. The molecule has 0 aromatic rings. The van der Waals surface area contributed by atoms with Crippen molar-refractivity contribution < 1.29 is 23.8 Å². The minimum absolute atomic E-state index is 0.0146. The van der Waals surface area contributed by atoms with Crippen LogP contribution >= 0.6 is 0 Å². The van der Waals surface area contributed by atoms with Crippen molar-refractivity contribution in [3.63, 3.8) is 0 Å². The first-order chi connectivity index (χ1) is 8.97. The molecule has 0 radical (unpaired) electrons. The standard InChI is InChI=1S/C13H21NO5/c1-5-18-13(16)11(6-12(15)17-4)14-7-9(2)19-10(3)8-14/h6,9-10H,5,7-8H2,1-4H3/b11-6-. The zero-order valence-corrected chi connectivity index (χ0v) is 11.8. The fraction of sp³-hybridized carbons (Fsp3) is 0.692. The number of morpholine rings is 1. The monoisotopic (exact) mass is 271 g/mol. The molecule has 108 valence electrons. The maximum Gasteiger partial charge on any atom is 0.354 e. The quantitative estimate of drug-likeness (QED) is 0.554. The molecule has 1 saturated heterocycles. The molecule has 0 saturated carbocycles. The molecule has 6 nitrogen and oxygen atoms in total. The normalized spacial score (nSPS) is 24.0. The van der Waals surface area contributed by atoms with E-state index in [0.29, 0.717) is 13.1 Å². The molecule has 0 aromatic heterocycles. The van der Waals surface area contributed by atoms with Gasteiger partial charge in [0.25, 0.3) is 0 Å². The van der Waals surface area contributed by atoms with Crippen LogP contribution in [-0.4, -0.2) is 55.9 Å². The van der Waals surface area contributed by atoms with Crippen LogP contribution in [-0.2, 0) is 23.8 Å². The third-order valence-electron chi connectivity index (χ3n) is 2.70. The Balaban J connectivity index is 2.92. The molecule has 1 aliphatic heterocycles. The molecule has 19 heavy (non-hydrogen) atoms. The van der Waals surface area contributed by atoms with Gasteiger partial charge in [0.1, 0.15) is 5.70 Å². The Morgan fingerprint density at radius 2 is 1.89 bits per heavy atom. The molecule has 0 aliphatic carbocycles. The average molecular weight is 271 g/mol. The Morgan fingerprint density at radius 3 is 2.37 bits per heavy atom. The molecule has 0 amide bonds. The van der Waals surface area contributed by atoms with E-state index in [9.17, 15) is 9.59 Å². The summed E-state index contributed by atoms with van der Waals surface area (Å²) in [6.07, 6.45) is 1.14. The number of hydrogen-bond acceptors (Lipinski definition) is 6. The molecule has 1 heterocycles. The fourth-order valence-corrected chi connectivity index (χ4v) is 2.03. The fourth-order valence-electron chi connectivity index (χ4n) is 2.03. The maximum absolute atomic E-state index is 11.9. The molecular formula is C13H21NO5. The topological polar surface area (TPSA) is 65.1 Å². The van der Waals surface area contributed by atoms with E-state index in [0.717, 1.165) is 0 Å². The zero-order chi connectivity index (χ0) is 14.4. The highest BCUT2D eigenvalue weighted by molar-refractivity contribution is 5.95. The van der Waals surface area contributed by atoms with E-state index < -0.39 is 11.9 Å². The van der Waals surface area contributed by atoms with E-state index in [2.05, 4.69) is 4.74 Å². The predicted octanol–water partition coefficient (Wildman–Crippen LogP) is 0.716. The molecule has 1 rings (SSSR count). The summed E-state index contributed by atoms with van der Waals surface area (Å²) in [6, 6.07) is 0. The van der Waals surface area contributed by atoms with Gasteiger partial charge in [0.2, 0.25) is 0 Å². The van der Waals surface area contributed by atoms with Gasteiger partial charge in [-0.3, -0.25) is 0 Å². The summed E-state index contributed by atoms with van der Waals surface area (Å²) in [7, 11) is 1.27. The van der Waals surface area contributed by atoms with Gasteiger partial charge in [-0.25, -0.2) is 9.59 Å². The lowest BCUT2D eigenvalue weighted by Crippen LogP contribution is -2.46. The predicted molar refractivity (Wildman–Crippen MR) is 68.3 cm³/mol. The van der Waals surface area contributed by atoms with Crippen molar-refractivity contribution in [3.8, 4) is 0 Å². The van der Waals surface area contributed by atoms with Crippen LogP contribution in [0.3, 0.4) is 0 Å². The number of ether oxygens (including phenoxy) is 3. The largest absolute Gasteiger partial charge is 0.466 e. The zero-order valence-electron chi connectivity index (χ0n) is 11.8. The van der Waals surface area contributed by atoms with E-state index in [4.69, 9.17) is 9.47 Å². The molecule has 6 heteroatoms. The number of carbonyl (C=O) groups is 2. The van der Waals surface area contributed by atoms with Gasteiger partial charge in [0.05, 0.1) is 32.0 Å². The average Bonchev–Trinajstić information content (AvgIpc) is 2.34. The smallest absolute Gasteiger partial charge is 0.354 e.